The molecule has 0 aliphatic heterocycles. The fourth-order valence-corrected chi connectivity index (χ4v) is 1.88. The molecule has 1 aromatic carbocycles. The summed E-state index contributed by atoms with van der Waals surface area (Å²) in [6.07, 6.45) is 0. The zero-order valence-electron chi connectivity index (χ0n) is 6.87. The first-order valence-corrected chi connectivity index (χ1v) is 4.43. The average molecular weight is 207 g/mol. The monoisotopic (exact) mass is 206 g/mol. The molecule has 0 amide bonds. The zero-order chi connectivity index (χ0) is 9.30. The standard InChI is InChI=1S/C9H9Cl2F/c1-5(2)8-6(10)3-4-7(12)9(8)11/h3-5H,1-2H3. The molecule has 12 heavy (non-hydrogen) atoms. The minimum absolute atomic E-state index is 0.137. The van der Waals surface area contributed by atoms with Gasteiger partial charge in [0, 0.05) is 5.02 Å². The van der Waals surface area contributed by atoms with Crippen LogP contribution in [0.25, 0.3) is 0 Å². The molecule has 0 aliphatic rings. The van der Waals surface area contributed by atoms with Crippen molar-refractivity contribution in [3.63, 3.8) is 0 Å². The number of halogens is 3. The van der Waals surface area contributed by atoms with Gasteiger partial charge in [0.2, 0.25) is 0 Å². The summed E-state index contributed by atoms with van der Waals surface area (Å²) < 4.78 is 12.9. The molecular weight excluding hydrogens is 198 g/mol. The second kappa shape index (κ2) is 3.63. The normalized spacial score (nSPS) is 10.8. The van der Waals surface area contributed by atoms with Crippen LogP contribution in [0, 0.1) is 5.82 Å². The first-order chi connectivity index (χ1) is 5.54. The first kappa shape index (κ1) is 9.82. The molecule has 0 atom stereocenters. The second-order valence-corrected chi connectivity index (χ2v) is 3.70. The van der Waals surface area contributed by atoms with Crippen LogP contribution >= 0.6 is 23.2 Å². The van der Waals surface area contributed by atoms with Crippen LogP contribution in [0.1, 0.15) is 25.3 Å². The van der Waals surface area contributed by atoms with Crippen molar-refractivity contribution in [3.8, 4) is 0 Å². The molecule has 0 nitrogen and oxygen atoms in total. The highest BCUT2D eigenvalue weighted by Crippen LogP contribution is 2.32. The fourth-order valence-electron chi connectivity index (χ4n) is 1.07. The van der Waals surface area contributed by atoms with E-state index in [2.05, 4.69) is 0 Å². The Morgan fingerprint density at radius 2 is 1.83 bits per heavy atom. The lowest BCUT2D eigenvalue weighted by atomic mass is 10.0. The Labute approximate surface area is 81.3 Å². The van der Waals surface area contributed by atoms with Crippen LogP contribution in [0.2, 0.25) is 10.0 Å². The molecule has 1 rings (SSSR count). The Hall–Kier alpha value is -0.270. The van der Waals surface area contributed by atoms with Gasteiger partial charge in [0.25, 0.3) is 0 Å². The van der Waals surface area contributed by atoms with Crippen LogP contribution in [0.3, 0.4) is 0 Å². The van der Waals surface area contributed by atoms with Crippen molar-refractivity contribution in [2.45, 2.75) is 19.8 Å². The van der Waals surface area contributed by atoms with E-state index in [0.29, 0.717) is 10.6 Å². The van der Waals surface area contributed by atoms with Gasteiger partial charge in [-0.1, -0.05) is 37.0 Å². The van der Waals surface area contributed by atoms with Gasteiger partial charge in [-0.05, 0) is 23.6 Å². The molecule has 0 saturated heterocycles. The highest BCUT2D eigenvalue weighted by atomic mass is 35.5. The van der Waals surface area contributed by atoms with Crippen molar-refractivity contribution >= 4 is 23.2 Å². The van der Waals surface area contributed by atoms with Crippen LogP contribution in [-0.4, -0.2) is 0 Å². The van der Waals surface area contributed by atoms with E-state index in [1.165, 1.54) is 12.1 Å². The molecule has 0 saturated carbocycles. The summed E-state index contributed by atoms with van der Waals surface area (Å²) in [6, 6.07) is 2.80. The van der Waals surface area contributed by atoms with Gasteiger partial charge in [-0.25, -0.2) is 4.39 Å². The van der Waals surface area contributed by atoms with Gasteiger partial charge in [-0.15, -0.1) is 0 Å². The molecule has 0 unspecified atom stereocenters. The van der Waals surface area contributed by atoms with E-state index >= 15 is 0 Å². The summed E-state index contributed by atoms with van der Waals surface area (Å²) in [5.74, 6) is -0.273. The summed E-state index contributed by atoms with van der Waals surface area (Å²) in [5, 5.41) is 0.661. The van der Waals surface area contributed by atoms with Crippen molar-refractivity contribution in [1.82, 2.24) is 0 Å². The maximum atomic E-state index is 12.9. The molecule has 0 radical (unpaired) electrons. The Morgan fingerprint density at radius 1 is 1.25 bits per heavy atom. The van der Waals surface area contributed by atoms with Crippen LogP contribution in [0.4, 0.5) is 4.39 Å². The van der Waals surface area contributed by atoms with Gasteiger partial charge < -0.3 is 0 Å². The quantitative estimate of drug-likeness (QED) is 0.603. The third-order valence-corrected chi connectivity index (χ3v) is 2.37. The maximum Gasteiger partial charge on any atom is 0.142 e. The van der Waals surface area contributed by atoms with E-state index in [4.69, 9.17) is 23.2 Å². The van der Waals surface area contributed by atoms with E-state index in [1.54, 1.807) is 0 Å². The predicted octanol–water partition coefficient (Wildman–Crippen LogP) is 4.26. The summed E-state index contributed by atoms with van der Waals surface area (Å²) in [6.45, 7) is 3.85. The van der Waals surface area contributed by atoms with Gasteiger partial charge in [-0.3, -0.25) is 0 Å². The molecule has 1 aromatic rings. The lowest BCUT2D eigenvalue weighted by molar-refractivity contribution is 0.624. The van der Waals surface area contributed by atoms with Crippen LogP contribution in [0.15, 0.2) is 12.1 Å². The largest absolute Gasteiger partial charge is 0.205 e. The lowest BCUT2D eigenvalue weighted by Gasteiger charge is -2.10. The summed E-state index contributed by atoms with van der Waals surface area (Å²) in [5.41, 5.74) is 0.679. The smallest absolute Gasteiger partial charge is 0.142 e. The number of rotatable bonds is 1. The SMILES string of the molecule is CC(C)c1c(Cl)ccc(F)c1Cl. The average Bonchev–Trinajstić information content (AvgIpc) is 1.97. The zero-order valence-corrected chi connectivity index (χ0v) is 8.38. The molecular formula is C9H9Cl2F. The van der Waals surface area contributed by atoms with Gasteiger partial charge in [-0.2, -0.15) is 0 Å². The molecule has 66 valence electrons. The van der Waals surface area contributed by atoms with Crippen molar-refractivity contribution in [1.29, 1.82) is 0 Å². The Morgan fingerprint density at radius 3 is 2.25 bits per heavy atom. The summed E-state index contributed by atoms with van der Waals surface area (Å²) >= 11 is 11.6. The van der Waals surface area contributed by atoms with Crippen molar-refractivity contribution in [2.75, 3.05) is 0 Å². The second-order valence-electron chi connectivity index (χ2n) is 2.91. The number of hydrogen-bond acceptors (Lipinski definition) is 0. The molecule has 3 heteroatoms. The van der Waals surface area contributed by atoms with Gasteiger partial charge in [0.15, 0.2) is 0 Å². The Bertz CT molecular complexity index is 295. The van der Waals surface area contributed by atoms with Crippen LogP contribution in [0.5, 0.6) is 0 Å². The van der Waals surface area contributed by atoms with Gasteiger partial charge in [0.05, 0.1) is 5.02 Å². The third-order valence-electron chi connectivity index (χ3n) is 1.66. The molecule has 0 spiro atoms. The minimum atomic E-state index is -0.412. The van der Waals surface area contributed by atoms with Crippen molar-refractivity contribution in [2.24, 2.45) is 0 Å². The Balaban J connectivity index is 3.33. The van der Waals surface area contributed by atoms with E-state index in [-0.39, 0.29) is 10.9 Å². The molecule has 0 aromatic heterocycles. The van der Waals surface area contributed by atoms with Gasteiger partial charge in [0.1, 0.15) is 5.82 Å². The highest BCUT2D eigenvalue weighted by molar-refractivity contribution is 6.36. The maximum absolute atomic E-state index is 12.9. The third kappa shape index (κ3) is 1.73. The number of benzene rings is 1. The summed E-state index contributed by atoms with van der Waals surface area (Å²) in [4.78, 5) is 0. The van der Waals surface area contributed by atoms with Gasteiger partial charge >= 0.3 is 0 Å². The topological polar surface area (TPSA) is 0 Å². The van der Waals surface area contributed by atoms with Crippen LogP contribution < -0.4 is 0 Å². The van der Waals surface area contributed by atoms with E-state index in [9.17, 15) is 4.39 Å². The lowest BCUT2D eigenvalue weighted by Crippen LogP contribution is -1.92. The summed E-state index contributed by atoms with van der Waals surface area (Å²) in [7, 11) is 0. The highest BCUT2D eigenvalue weighted by Gasteiger charge is 2.12. The van der Waals surface area contributed by atoms with Crippen molar-refractivity contribution in [3.05, 3.63) is 33.6 Å². The van der Waals surface area contributed by atoms with E-state index < -0.39 is 5.82 Å². The molecule has 0 bridgehead atoms. The number of hydrogen-bond donors (Lipinski definition) is 0. The van der Waals surface area contributed by atoms with E-state index in [0.717, 1.165) is 0 Å². The minimum Gasteiger partial charge on any atom is -0.205 e. The van der Waals surface area contributed by atoms with E-state index in [1.807, 2.05) is 13.8 Å². The van der Waals surface area contributed by atoms with Crippen molar-refractivity contribution < 1.29 is 4.39 Å². The molecule has 0 heterocycles. The first-order valence-electron chi connectivity index (χ1n) is 3.67. The molecule has 0 N–H and O–H groups in total. The molecule has 0 fully saturated rings. The molecule has 0 aliphatic carbocycles. The Kier molecular flexibility index (Phi) is 2.97. The fraction of sp³-hybridized carbons (Fsp3) is 0.333. The van der Waals surface area contributed by atoms with Crippen LogP contribution in [-0.2, 0) is 0 Å². The predicted molar refractivity (Wildman–Crippen MR) is 50.5 cm³/mol.